The molecule has 0 saturated heterocycles. The van der Waals surface area contributed by atoms with Gasteiger partial charge in [-0.2, -0.15) is 0 Å². The second kappa shape index (κ2) is 16.5. The van der Waals surface area contributed by atoms with E-state index in [4.69, 9.17) is 4.42 Å². The Hall–Kier alpha value is -8.98. The van der Waals surface area contributed by atoms with Crippen molar-refractivity contribution in [3.63, 3.8) is 0 Å². The molecule has 1 aromatic heterocycles. The van der Waals surface area contributed by atoms with Crippen molar-refractivity contribution in [2.75, 3.05) is 4.90 Å². The first-order chi connectivity index (χ1) is 33.7. The lowest BCUT2D eigenvalue weighted by atomic mass is 9.92. The molecule has 2 heteroatoms. The van der Waals surface area contributed by atoms with Crippen molar-refractivity contribution in [2.45, 2.75) is 0 Å². The minimum absolute atomic E-state index is 0.902. The number of benzene rings is 12. The van der Waals surface area contributed by atoms with Gasteiger partial charge < -0.3 is 9.32 Å². The molecule has 68 heavy (non-hydrogen) atoms. The van der Waals surface area contributed by atoms with Crippen LogP contribution in [0.2, 0.25) is 0 Å². The maximum atomic E-state index is 6.27. The van der Waals surface area contributed by atoms with Gasteiger partial charge in [-0.1, -0.05) is 194 Å². The fraction of sp³-hybridized carbons (Fsp3) is 0. The van der Waals surface area contributed by atoms with Crippen LogP contribution in [0.15, 0.2) is 265 Å². The smallest absolute Gasteiger partial charge is 0.136 e. The summed E-state index contributed by atoms with van der Waals surface area (Å²) < 4.78 is 6.27. The van der Waals surface area contributed by atoms with E-state index in [0.717, 1.165) is 61.3 Å². The van der Waals surface area contributed by atoms with Gasteiger partial charge in [0, 0.05) is 27.5 Å². The molecule has 0 fully saturated rings. The van der Waals surface area contributed by atoms with Crippen molar-refractivity contribution in [3.05, 3.63) is 261 Å². The molecular formula is C66H43NO. The van der Waals surface area contributed by atoms with E-state index in [-0.39, 0.29) is 0 Å². The fourth-order valence-corrected chi connectivity index (χ4v) is 10.2. The Labute approximate surface area is 395 Å². The quantitative estimate of drug-likeness (QED) is 0.142. The van der Waals surface area contributed by atoms with Crippen LogP contribution in [0.3, 0.4) is 0 Å². The van der Waals surface area contributed by atoms with Gasteiger partial charge in [-0.3, -0.25) is 0 Å². The Morgan fingerprint density at radius 3 is 1.44 bits per heavy atom. The van der Waals surface area contributed by atoms with Gasteiger partial charge in [-0.25, -0.2) is 0 Å². The summed E-state index contributed by atoms with van der Waals surface area (Å²) >= 11 is 0. The van der Waals surface area contributed by atoms with Crippen LogP contribution in [0.1, 0.15) is 0 Å². The van der Waals surface area contributed by atoms with Gasteiger partial charge >= 0.3 is 0 Å². The lowest BCUT2D eigenvalue weighted by molar-refractivity contribution is 0.669. The van der Waals surface area contributed by atoms with Gasteiger partial charge in [-0.05, 0) is 149 Å². The number of rotatable bonds is 8. The molecule has 0 bridgehead atoms. The van der Waals surface area contributed by atoms with E-state index in [1.54, 1.807) is 0 Å². The average Bonchev–Trinajstić information content (AvgIpc) is 3.79. The molecule has 0 aliphatic rings. The van der Waals surface area contributed by atoms with Crippen molar-refractivity contribution < 1.29 is 4.42 Å². The van der Waals surface area contributed by atoms with Crippen LogP contribution in [-0.4, -0.2) is 0 Å². The molecule has 12 aromatic carbocycles. The molecular weight excluding hydrogens is 823 g/mol. The highest BCUT2D eigenvalue weighted by Gasteiger charge is 2.19. The van der Waals surface area contributed by atoms with Crippen LogP contribution in [0.25, 0.3) is 110 Å². The minimum atomic E-state index is 0.902. The molecule has 0 aliphatic carbocycles. The first-order valence-electron chi connectivity index (χ1n) is 23.3. The van der Waals surface area contributed by atoms with E-state index in [1.807, 2.05) is 12.1 Å². The Bertz CT molecular complexity index is 4000. The highest BCUT2D eigenvalue weighted by atomic mass is 16.3. The molecule has 0 saturated carbocycles. The Balaban J connectivity index is 0.892. The molecule has 0 amide bonds. The second-order valence-corrected chi connectivity index (χ2v) is 17.7. The number of fused-ring (bicyclic) bond motifs is 7. The SMILES string of the molecule is c1ccc(-c2ccc(-c3cc(-c4ccc(N(c5ccc(-c6cccc(-c7ccc8c(c7)oc7ccccc78)c6)cc5)c5cc6ccccc6c6ccccc56)cc4)c4ccccc4c3)cc2)cc1. The normalized spacial score (nSPS) is 11.5. The Kier molecular flexibility index (Phi) is 9.54. The molecule has 318 valence electrons. The Morgan fingerprint density at radius 1 is 0.235 bits per heavy atom. The van der Waals surface area contributed by atoms with Crippen LogP contribution in [0.5, 0.6) is 0 Å². The molecule has 13 rings (SSSR count). The third kappa shape index (κ3) is 6.99. The molecule has 1 heterocycles. The maximum absolute atomic E-state index is 6.27. The van der Waals surface area contributed by atoms with Gasteiger partial charge in [0.1, 0.15) is 11.2 Å². The predicted octanol–water partition coefficient (Wildman–Crippen LogP) is 18.9. The minimum Gasteiger partial charge on any atom is -0.456 e. The summed E-state index contributed by atoms with van der Waals surface area (Å²) in [5, 5.41) is 9.62. The summed E-state index contributed by atoms with van der Waals surface area (Å²) in [6, 6.07) is 94.6. The molecule has 2 nitrogen and oxygen atoms in total. The van der Waals surface area contributed by atoms with Crippen LogP contribution in [-0.2, 0) is 0 Å². The van der Waals surface area contributed by atoms with Crippen molar-refractivity contribution in [2.24, 2.45) is 0 Å². The van der Waals surface area contributed by atoms with Crippen LogP contribution >= 0.6 is 0 Å². The van der Waals surface area contributed by atoms with Gasteiger partial charge in [0.25, 0.3) is 0 Å². The molecule has 0 atom stereocenters. The molecule has 0 spiro atoms. The molecule has 0 radical (unpaired) electrons. The van der Waals surface area contributed by atoms with E-state index >= 15 is 0 Å². The number of hydrogen-bond acceptors (Lipinski definition) is 2. The van der Waals surface area contributed by atoms with Gasteiger partial charge in [0.2, 0.25) is 0 Å². The first-order valence-corrected chi connectivity index (χ1v) is 23.3. The van der Waals surface area contributed by atoms with E-state index in [1.165, 1.54) is 65.7 Å². The largest absolute Gasteiger partial charge is 0.456 e. The van der Waals surface area contributed by atoms with Gasteiger partial charge in [-0.15, -0.1) is 0 Å². The number of anilines is 3. The maximum Gasteiger partial charge on any atom is 0.136 e. The molecule has 0 aliphatic heterocycles. The molecule has 13 aromatic rings. The standard InChI is InChI=1S/C66H43NO/c1-2-13-44(14-3-1)45-25-27-47(28-26-45)54-40-52-15-4-7-20-58(52)63(41-54)48-31-36-56(37-32-48)67(64-42-53-16-5-6-19-57(53)59-21-8-9-22-60(59)64)55-34-29-46(30-35-55)49-17-12-18-50(39-49)51-33-38-62-61-23-10-11-24-65(61)68-66(62)43-51/h1-43H. The zero-order chi connectivity index (χ0) is 45.0. The summed E-state index contributed by atoms with van der Waals surface area (Å²) in [5.41, 5.74) is 16.9. The summed E-state index contributed by atoms with van der Waals surface area (Å²) in [4.78, 5) is 2.42. The number of nitrogens with zero attached hydrogens (tertiary/aromatic N) is 1. The predicted molar refractivity (Wildman–Crippen MR) is 288 cm³/mol. The number of hydrogen-bond donors (Lipinski definition) is 0. The summed E-state index contributed by atoms with van der Waals surface area (Å²) in [5.74, 6) is 0. The van der Waals surface area contributed by atoms with Crippen molar-refractivity contribution in [1.29, 1.82) is 0 Å². The zero-order valence-electron chi connectivity index (χ0n) is 37.2. The van der Waals surface area contributed by atoms with Crippen LogP contribution in [0, 0.1) is 0 Å². The van der Waals surface area contributed by atoms with E-state index in [0.29, 0.717) is 0 Å². The van der Waals surface area contributed by atoms with Gasteiger partial charge in [0.15, 0.2) is 0 Å². The summed E-state index contributed by atoms with van der Waals surface area (Å²) in [6.07, 6.45) is 0. The monoisotopic (exact) mass is 865 g/mol. The Morgan fingerprint density at radius 2 is 0.706 bits per heavy atom. The highest BCUT2D eigenvalue weighted by Crippen LogP contribution is 2.44. The molecule has 0 unspecified atom stereocenters. The van der Waals surface area contributed by atoms with E-state index in [9.17, 15) is 0 Å². The number of furan rings is 1. The fourth-order valence-electron chi connectivity index (χ4n) is 10.2. The van der Waals surface area contributed by atoms with E-state index in [2.05, 4.69) is 254 Å². The first kappa shape index (κ1) is 39.4. The van der Waals surface area contributed by atoms with Crippen molar-refractivity contribution >= 4 is 71.3 Å². The van der Waals surface area contributed by atoms with Crippen molar-refractivity contribution in [1.82, 2.24) is 0 Å². The lowest BCUT2D eigenvalue weighted by Gasteiger charge is -2.28. The molecule has 0 N–H and O–H groups in total. The zero-order valence-corrected chi connectivity index (χ0v) is 37.2. The number of para-hydroxylation sites is 1. The lowest BCUT2D eigenvalue weighted by Crippen LogP contribution is -2.10. The van der Waals surface area contributed by atoms with Gasteiger partial charge in [0.05, 0.1) is 5.69 Å². The second-order valence-electron chi connectivity index (χ2n) is 17.7. The third-order valence-corrected chi connectivity index (χ3v) is 13.6. The van der Waals surface area contributed by atoms with Crippen LogP contribution in [0.4, 0.5) is 17.1 Å². The van der Waals surface area contributed by atoms with Crippen molar-refractivity contribution in [3.8, 4) is 55.6 Å². The van der Waals surface area contributed by atoms with E-state index < -0.39 is 0 Å². The van der Waals surface area contributed by atoms with Crippen LogP contribution < -0.4 is 4.90 Å². The average molecular weight is 866 g/mol. The summed E-state index contributed by atoms with van der Waals surface area (Å²) in [6.45, 7) is 0. The topological polar surface area (TPSA) is 16.4 Å². The third-order valence-electron chi connectivity index (χ3n) is 13.6. The highest BCUT2D eigenvalue weighted by molar-refractivity contribution is 6.15. The summed E-state index contributed by atoms with van der Waals surface area (Å²) in [7, 11) is 0.